The maximum Gasteiger partial charge on any atom is 0.431 e. The number of thioether (sulfide) groups is 1. The molecule has 0 spiro atoms. The smallest absolute Gasteiger partial charge is 0.370 e. The number of primary amides is 1. The van der Waals surface area contributed by atoms with Gasteiger partial charge in [0.25, 0.3) is 5.56 Å². The SMILES string of the molecule is CN1C(=O)C(CC(N)=O)SC1=Nc1cc(-n2c(=O)cc(C(F)(F)F)n(C)c2=O)c(F)cc1Cl. The summed E-state index contributed by atoms with van der Waals surface area (Å²) in [5.41, 5.74) is -0.122. The Bertz CT molecular complexity index is 1320. The predicted octanol–water partition coefficient (Wildman–Crippen LogP) is 1.78. The molecule has 1 aromatic carbocycles. The second-order valence-corrected chi connectivity index (χ2v) is 8.44. The Morgan fingerprint density at radius 2 is 1.85 bits per heavy atom. The molecule has 2 heterocycles. The van der Waals surface area contributed by atoms with Crippen molar-refractivity contribution in [3.63, 3.8) is 0 Å². The van der Waals surface area contributed by atoms with Gasteiger partial charge >= 0.3 is 11.9 Å². The fraction of sp³-hybridized carbons (Fsp3) is 0.278. The second kappa shape index (κ2) is 8.67. The summed E-state index contributed by atoms with van der Waals surface area (Å²) in [7, 11) is 2.15. The average Bonchev–Trinajstić information content (AvgIpc) is 2.94. The first kappa shape index (κ1) is 24.5. The molecule has 15 heteroatoms. The number of hydrogen-bond acceptors (Lipinski definition) is 6. The maximum atomic E-state index is 14.6. The average molecular weight is 508 g/mol. The quantitative estimate of drug-likeness (QED) is 0.633. The lowest BCUT2D eigenvalue weighted by Gasteiger charge is -2.15. The highest BCUT2D eigenvalue weighted by Gasteiger charge is 2.37. The fourth-order valence-corrected chi connectivity index (χ4v) is 4.34. The molecule has 1 fully saturated rings. The summed E-state index contributed by atoms with van der Waals surface area (Å²) in [6, 6.07) is 1.78. The highest BCUT2D eigenvalue weighted by Crippen LogP contribution is 2.35. The van der Waals surface area contributed by atoms with Crippen LogP contribution in [0, 0.1) is 5.82 Å². The summed E-state index contributed by atoms with van der Waals surface area (Å²) in [4.78, 5) is 53.4. The van der Waals surface area contributed by atoms with E-state index in [2.05, 4.69) is 4.99 Å². The van der Waals surface area contributed by atoms with Gasteiger partial charge in [0.05, 0.1) is 16.4 Å². The molecule has 2 amide bonds. The molecule has 2 aromatic rings. The van der Waals surface area contributed by atoms with Crippen molar-refractivity contribution in [3.05, 3.63) is 55.6 Å². The van der Waals surface area contributed by atoms with Gasteiger partial charge in [0.15, 0.2) is 5.17 Å². The molecule has 176 valence electrons. The first-order valence-electron chi connectivity index (χ1n) is 8.93. The molecule has 0 radical (unpaired) electrons. The van der Waals surface area contributed by atoms with E-state index in [1.165, 1.54) is 7.05 Å². The maximum absolute atomic E-state index is 14.6. The number of nitrogens with zero attached hydrogens (tertiary/aromatic N) is 4. The summed E-state index contributed by atoms with van der Waals surface area (Å²) in [6.45, 7) is 0. The molecular formula is C18H14ClF4N5O4S. The van der Waals surface area contributed by atoms with Crippen molar-refractivity contribution in [3.8, 4) is 5.69 Å². The summed E-state index contributed by atoms with van der Waals surface area (Å²) < 4.78 is 54.2. The van der Waals surface area contributed by atoms with Gasteiger partial charge in [-0.2, -0.15) is 13.2 Å². The van der Waals surface area contributed by atoms with Crippen molar-refractivity contribution in [2.45, 2.75) is 17.8 Å². The molecule has 0 saturated carbocycles. The lowest BCUT2D eigenvalue weighted by Crippen LogP contribution is -2.41. The van der Waals surface area contributed by atoms with E-state index in [-0.39, 0.29) is 37.5 Å². The van der Waals surface area contributed by atoms with Crippen LogP contribution in [0.4, 0.5) is 23.2 Å². The zero-order valence-electron chi connectivity index (χ0n) is 16.8. The monoisotopic (exact) mass is 507 g/mol. The Hall–Kier alpha value is -3.13. The molecule has 1 unspecified atom stereocenters. The van der Waals surface area contributed by atoms with Gasteiger partial charge in [-0.1, -0.05) is 23.4 Å². The molecule has 33 heavy (non-hydrogen) atoms. The molecule has 2 N–H and O–H groups in total. The van der Waals surface area contributed by atoms with Gasteiger partial charge in [-0.05, 0) is 12.1 Å². The number of alkyl halides is 3. The van der Waals surface area contributed by atoms with E-state index < -0.39 is 51.7 Å². The number of halogens is 5. The van der Waals surface area contributed by atoms with Gasteiger partial charge < -0.3 is 5.73 Å². The van der Waals surface area contributed by atoms with E-state index in [0.717, 1.165) is 35.8 Å². The third-order valence-electron chi connectivity index (χ3n) is 4.61. The summed E-state index contributed by atoms with van der Waals surface area (Å²) in [6.07, 6.45) is -5.24. The van der Waals surface area contributed by atoms with E-state index in [0.29, 0.717) is 0 Å². The Labute approximate surface area is 191 Å². The number of amidine groups is 1. The van der Waals surface area contributed by atoms with Crippen molar-refractivity contribution < 1.29 is 27.2 Å². The standard InChI is InChI=1S/C18H14ClF4N5O4S/c1-26-12(18(21,22)23)6-14(30)28(17(26)32)10-4-9(7(19)3-8(10)20)25-16-27(2)15(31)11(33-16)5-13(24)29/h3-4,6,11H,5H2,1-2H3,(H2,24,29). The van der Waals surface area contributed by atoms with Crippen molar-refractivity contribution >= 4 is 46.0 Å². The number of benzene rings is 1. The molecule has 1 aromatic heterocycles. The molecule has 3 rings (SSSR count). The number of aliphatic imine (C=N–C) groups is 1. The molecule has 0 aliphatic carbocycles. The first-order valence-corrected chi connectivity index (χ1v) is 10.2. The second-order valence-electron chi connectivity index (χ2n) is 6.87. The van der Waals surface area contributed by atoms with E-state index in [1.54, 1.807) is 0 Å². The normalized spacial score (nSPS) is 17.8. The Morgan fingerprint density at radius 3 is 2.42 bits per heavy atom. The lowest BCUT2D eigenvalue weighted by atomic mass is 10.2. The van der Waals surface area contributed by atoms with Crippen LogP contribution >= 0.6 is 23.4 Å². The summed E-state index contributed by atoms with van der Waals surface area (Å²) in [5.74, 6) is -2.35. The van der Waals surface area contributed by atoms with Gasteiger partial charge in [-0.25, -0.2) is 18.7 Å². The summed E-state index contributed by atoms with van der Waals surface area (Å²) >= 11 is 6.91. The number of amides is 2. The minimum Gasteiger partial charge on any atom is -0.370 e. The van der Waals surface area contributed by atoms with Gasteiger partial charge in [0.1, 0.15) is 16.8 Å². The van der Waals surface area contributed by atoms with Crippen LogP contribution in [-0.2, 0) is 22.8 Å². The number of nitrogens with two attached hydrogens (primary N) is 1. The number of aromatic nitrogens is 2. The molecule has 1 saturated heterocycles. The highest BCUT2D eigenvalue weighted by atomic mass is 35.5. The topological polar surface area (TPSA) is 120 Å². The van der Waals surface area contributed by atoms with Crippen LogP contribution in [0.15, 0.2) is 32.8 Å². The fourth-order valence-electron chi connectivity index (χ4n) is 2.99. The van der Waals surface area contributed by atoms with Gasteiger partial charge in [0, 0.05) is 26.6 Å². The third-order valence-corrected chi connectivity index (χ3v) is 6.14. The van der Waals surface area contributed by atoms with Crippen LogP contribution in [0.1, 0.15) is 12.1 Å². The lowest BCUT2D eigenvalue weighted by molar-refractivity contribution is -0.144. The van der Waals surface area contributed by atoms with Crippen LogP contribution in [0.25, 0.3) is 5.69 Å². The van der Waals surface area contributed by atoms with Crippen molar-refractivity contribution in [2.75, 3.05) is 7.05 Å². The van der Waals surface area contributed by atoms with Gasteiger partial charge in [-0.15, -0.1) is 0 Å². The molecular weight excluding hydrogens is 494 g/mol. The number of carbonyl (C=O) groups excluding carboxylic acids is 2. The van der Waals surface area contributed by atoms with Gasteiger partial charge in [-0.3, -0.25) is 23.9 Å². The van der Waals surface area contributed by atoms with Crippen molar-refractivity contribution in [1.82, 2.24) is 14.0 Å². The molecule has 1 aliphatic rings. The van der Waals surface area contributed by atoms with Crippen LogP contribution in [-0.4, -0.2) is 43.3 Å². The molecule has 9 nitrogen and oxygen atoms in total. The van der Waals surface area contributed by atoms with Crippen LogP contribution in [0.5, 0.6) is 0 Å². The van der Waals surface area contributed by atoms with Gasteiger partial charge in [0.2, 0.25) is 11.8 Å². The van der Waals surface area contributed by atoms with Crippen molar-refractivity contribution in [1.29, 1.82) is 0 Å². The van der Waals surface area contributed by atoms with Crippen LogP contribution in [0.2, 0.25) is 5.02 Å². The van der Waals surface area contributed by atoms with Crippen LogP contribution < -0.4 is 17.0 Å². The van der Waals surface area contributed by atoms with E-state index in [1.807, 2.05) is 0 Å². The minimum atomic E-state index is -4.99. The zero-order chi connectivity index (χ0) is 24.8. The number of rotatable bonds is 4. The van der Waals surface area contributed by atoms with Crippen LogP contribution in [0.3, 0.4) is 0 Å². The predicted molar refractivity (Wildman–Crippen MR) is 112 cm³/mol. The van der Waals surface area contributed by atoms with E-state index >= 15 is 0 Å². The Balaban J connectivity index is 2.15. The molecule has 1 atom stereocenters. The minimum absolute atomic E-state index is 0.0679. The molecule has 0 bridgehead atoms. The first-order chi connectivity index (χ1) is 15.2. The highest BCUT2D eigenvalue weighted by molar-refractivity contribution is 8.15. The Morgan fingerprint density at radius 1 is 1.21 bits per heavy atom. The van der Waals surface area contributed by atoms with E-state index in [4.69, 9.17) is 17.3 Å². The van der Waals surface area contributed by atoms with Crippen molar-refractivity contribution in [2.24, 2.45) is 17.8 Å². The largest absolute Gasteiger partial charge is 0.431 e. The molecule has 1 aliphatic heterocycles. The summed E-state index contributed by atoms with van der Waals surface area (Å²) in [5, 5.41) is -1.03. The Kier molecular flexibility index (Phi) is 6.44. The van der Waals surface area contributed by atoms with E-state index in [9.17, 15) is 36.7 Å². The zero-order valence-corrected chi connectivity index (χ0v) is 18.4. The number of carbonyl (C=O) groups is 2. The third kappa shape index (κ3) is 4.66. The number of hydrogen-bond donors (Lipinski definition) is 1.